The number of fused-ring (bicyclic) bond motifs is 1. The number of aromatic nitrogens is 8. The molecule has 49 heavy (non-hydrogen) atoms. The Hall–Kier alpha value is -4.17. The van der Waals surface area contributed by atoms with E-state index >= 15 is 0 Å². The highest BCUT2D eigenvalue weighted by Crippen LogP contribution is 2.40. The second-order valence-corrected chi connectivity index (χ2v) is 13.3. The fourth-order valence-corrected chi connectivity index (χ4v) is 7.77. The quantitative estimate of drug-likeness (QED) is 0.198. The Morgan fingerprint density at radius 2 is 1.59 bits per heavy atom. The minimum atomic E-state index is -1.07. The van der Waals surface area contributed by atoms with E-state index in [0.29, 0.717) is 54.2 Å². The first-order chi connectivity index (χ1) is 23.6. The van der Waals surface area contributed by atoms with Gasteiger partial charge in [-0.25, -0.2) is 4.98 Å². The maximum Gasteiger partial charge on any atom is 0.229 e. The van der Waals surface area contributed by atoms with E-state index in [9.17, 15) is 10.2 Å². The summed E-state index contributed by atoms with van der Waals surface area (Å²) in [6.45, 7) is 6.62. The standard InChI is InChI=1S/C35H43N11O2.ClH/c1-2-29-40-42-46(41-29)28-19-27(31(47)32(28)48)45-22-37-30-33(36-20-26(23-11-5-3-6-12-23)24-13-7-4-8-14-24)38-35(39-34(30)45)44-18-15-25(21-44)43-16-9-10-17-43;/h3-8,11-14,22,25-28,31-32,47-48H,2,9-10,15-21H2,1H3,(H,36,38,39);1H/t25-,27-,28+,31+,32-;/m1./s1. The molecule has 3 aromatic heterocycles. The van der Waals surface area contributed by atoms with Crippen molar-refractivity contribution in [2.45, 2.75) is 75.3 Å². The second-order valence-electron chi connectivity index (χ2n) is 13.3. The number of anilines is 2. The predicted molar refractivity (Wildman–Crippen MR) is 189 cm³/mol. The van der Waals surface area contributed by atoms with Crippen molar-refractivity contribution in [3.63, 3.8) is 0 Å². The smallest absolute Gasteiger partial charge is 0.229 e. The minimum Gasteiger partial charge on any atom is -0.388 e. The van der Waals surface area contributed by atoms with Crippen LogP contribution in [0.25, 0.3) is 11.2 Å². The van der Waals surface area contributed by atoms with Gasteiger partial charge in [0.2, 0.25) is 5.95 Å². The molecule has 3 fully saturated rings. The van der Waals surface area contributed by atoms with Crippen LogP contribution in [0.15, 0.2) is 67.0 Å². The van der Waals surface area contributed by atoms with Crippen molar-refractivity contribution in [2.24, 2.45) is 0 Å². The molecule has 5 aromatic rings. The molecule has 5 heterocycles. The first-order valence-electron chi connectivity index (χ1n) is 17.3. The lowest BCUT2D eigenvalue weighted by molar-refractivity contribution is 0.00473. The lowest BCUT2D eigenvalue weighted by Crippen LogP contribution is -2.35. The lowest BCUT2D eigenvalue weighted by atomic mass is 9.91. The van der Waals surface area contributed by atoms with Crippen molar-refractivity contribution >= 4 is 35.3 Å². The Bertz CT molecular complexity index is 1790. The zero-order valence-corrected chi connectivity index (χ0v) is 28.5. The number of likely N-dealkylation sites (tertiary alicyclic amines) is 1. The maximum atomic E-state index is 11.4. The Morgan fingerprint density at radius 1 is 0.898 bits per heavy atom. The van der Waals surface area contributed by atoms with Gasteiger partial charge in [0.1, 0.15) is 18.2 Å². The number of rotatable bonds is 10. The summed E-state index contributed by atoms with van der Waals surface area (Å²) in [7, 11) is 0. The van der Waals surface area contributed by atoms with Crippen molar-refractivity contribution in [1.82, 2.24) is 44.6 Å². The molecule has 14 heteroatoms. The highest BCUT2D eigenvalue weighted by molar-refractivity contribution is 5.85. The molecule has 0 unspecified atom stereocenters. The van der Waals surface area contributed by atoms with Crippen molar-refractivity contribution in [1.29, 1.82) is 0 Å². The van der Waals surface area contributed by atoms with E-state index < -0.39 is 24.3 Å². The highest BCUT2D eigenvalue weighted by atomic mass is 35.5. The molecule has 0 radical (unpaired) electrons. The van der Waals surface area contributed by atoms with Crippen molar-refractivity contribution in [2.75, 3.05) is 42.9 Å². The molecule has 8 rings (SSSR count). The molecule has 2 aliphatic heterocycles. The van der Waals surface area contributed by atoms with Crippen LogP contribution in [0, 0.1) is 0 Å². The van der Waals surface area contributed by atoms with Gasteiger partial charge in [-0.3, -0.25) is 4.90 Å². The topological polar surface area (TPSA) is 146 Å². The number of aliphatic hydroxyl groups excluding tert-OH is 2. The first-order valence-corrected chi connectivity index (χ1v) is 17.3. The number of tetrazole rings is 1. The average Bonchev–Trinajstić information content (AvgIpc) is 3.97. The highest BCUT2D eigenvalue weighted by Gasteiger charge is 2.45. The van der Waals surface area contributed by atoms with E-state index in [-0.39, 0.29) is 18.3 Å². The van der Waals surface area contributed by atoms with Crippen LogP contribution in [-0.4, -0.2) is 106 Å². The van der Waals surface area contributed by atoms with E-state index in [1.165, 1.54) is 28.8 Å². The maximum absolute atomic E-state index is 11.4. The summed E-state index contributed by atoms with van der Waals surface area (Å²) in [6.07, 6.45) is 4.22. The monoisotopic (exact) mass is 685 g/mol. The molecule has 2 aromatic carbocycles. The Morgan fingerprint density at radius 3 is 2.27 bits per heavy atom. The number of nitrogens with zero attached hydrogens (tertiary/aromatic N) is 10. The van der Waals surface area contributed by atoms with Gasteiger partial charge in [0.05, 0.1) is 12.4 Å². The Balaban J connectivity index is 0.00000378. The van der Waals surface area contributed by atoms with Crippen LogP contribution in [0.5, 0.6) is 0 Å². The molecule has 3 N–H and O–H groups in total. The molecule has 13 nitrogen and oxygen atoms in total. The summed E-state index contributed by atoms with van der Waals surface area (Å²) in [5, 5.41) is 38.9. The molecule has 1 aliphatic carbocycles. The van der Waals surface area contributed by atoms with Crippen LogP contribution in [-0.2, 0) is 6.42 Å². The minimum absolute atomic E-state index is 0. The molecule has 3 aliphatic rings. The summed E-state index contributed by atoms with van der Waals surface area (Å²) in [4.78, 5) is 21.4. The van der Waals surface area contributed by atoms with E-state index in [1.54, 1.807) is 6.33 Å². The summed E-state index contributed by atoms with van der Waals surface area (Å²) in [6, 6.07) is 20.5. The van der Waals surface area contributed by atoms with Crippen LogP contribution in [0.1, 0.15) is 67.6 Å². The van der Waals surface area contributed by atoms with Crippen molar-refractivity contribution in [3.05, 3.63) is 83.9 Å². The number of halogens is 1. The second kappa shape index (κ2) is 14.4. The molecule has 0 amide bonds. The average molecular weight is 686 g/mol. The van der Waals surface area contributed by atoms with Gasteiger partial charge in [-0.05, 0) is 55.1 Å². The van der Waals surface area contributed by atoms with Gasteiger partial charge in [-0.15, -0.1) is 22.6 Å². The molecule has 5 atom stereocenters. The van der Waals surface area contributed by atoms with E-state index in [0.717, 1.165) is 32.6 Å². The number of aryl methyl sites for hydroxylation is 1. The summed E-state index contributed by atoms with van der Waals surface area (Å²) < 4.78 is 1.90. The Kier molecular flexibility index (Phi) is 9.77. The van der Waals surface area contributed by atoms with Crippen LogP contribution in [0.4, 0.5) is 11.8 Å². The SMILES string of the molecule is CCc1nnn([C@H]2C[C@@H](n3cnc4c(NCC(c5ccccc5)c5ccccc5)nc(N5CC[C@@H](N6CCCC6)C5)nc43)[C@H](O)[C@@H]2O)n1.Cl. The number of hydrogen-bond acceptors (Lipinski definition) is 11. The summed E-state index contributed by atoms with van der Waals surface area (Å²) in [5.41, 5.74) is 3.68. The third kappa shape index (κ3) is 6.48. The fraction of sp³-hybridized carbons (Fsp3) is 0.486. The van der Waals surface area contributed by atoms with Crippen LogP contribution in [0.3, 0.4) is 0 Å². The number of aliphatic hydroxyl groups is 2. The number of nitrogens with one attached hydrogen (secondary N) is 1. The molecular formula is C35H44ClN11O2. The van der Waals surface area contributed by atoms with Gasteiger partial charge in [0.25, 0.3) is 0 Å². The van der Waals surface area contributed by atoms with E-state index in [1.807, 2.05) is 23.6 Å². The van der Waals surface area contributed by atoms with Gasteiger partial charge < -0.3 is 25.0 Å². The first kappa shape index (κ1) is 33.3. The molecule has 258 valence electrons. The zero-order chi connectivity index (χ0) is 32.6. The summed E-state index contributed by atoms with van der Waals surface area (Å²) in [5.74, 6) is 2.00. The predicted octanol–water partition coefficient (Wildman–Crippen LogP) is 3.62. The lowest BCUT2D eigenvalue weighted by Gasteiger charge is -2.24. The van der Waals surface area contributed by atoms with E-state index in [4.69, 9.17) is 15.0 Å². The third-order valence-electron chi connectivity index (χ3n) is 10.5. The van der Waals surface area contributed by atoms with Crippen LogP contribution >= 0.6 is 12.4 Å². The van der Waals surface area contributed by atoms with Gasteiger partial charge in [0.15, 0.2) is 22.8 Å². The molecule has 1 saturated carbocycles. The summed E-state index contributed by atoms with van der Waals surface area (Å²) >= 11 is 0. The van der Waals surface area contributed by atoms with Gasteiger partial charge in [-0.2, -0.15) is 14.8 Å². The Labute approximate surface area is 291 Å². The zero-order valence-electron chi connectivity index (χ0n) is 27.7. The normalized spacial score (nSPS) is 24.2. The van der Waals surface area contributed by atoms with Gasteiger partial charge in [-0.1, -0.05) is 67.6 Å². The number of hydrogen-bond donors (Lipinski definition) is 3. The molecule has 0 bridgehead atoms. The number of imidazole rings is 1. The largest absolute Gasteiger partial charge is 0.388 e. The van der Waals surface area contributed by atoms with Crippen molar-refractivity contribution < 1.29 is 10.2 Å². The molecule has 2 saturated heterocycles. The van der Waals surface area contributed by atoms with E-state index in [2.05, 4.69) is 79.1 Å². The fourth-order valence-electron chi connectivity index (χ4n) is 7.77. The molecule has 0 spiro atoms. The van der Waals surface area contributed by atoms with Gasteiger partial charge in [0, 0.05) is 38.0 Å². The van der Waals surface area contributed by atoms with Crippen LogP contribution < -0.4 is 10.2 Å². The van der Waals surface area contributed by atoms with Crippen LogP contribution in [0.2, 0.25) is 0 Å². The van der Waals surface area contributed by atoms with Gasteiger partial charge >= 0.3 is 0 Å². The van der Waals surface area contributed by atoms with Crippen molar-refractivity contribution in [3.8, 4) is 0 Å². The third-order valence-corrected chi connectivity index (χ3v) is 10.5. The molecular weight excluding hydrogens is 642 g/mol. The number of benzene rings is 2.